The summed E-state index contributed by atoms with van der Waals surface area (Å²) in [5.74, 6) is -0.0661. The van der Waals surface area contributed by atoms with Crippen LogP contribution < -0.4 is 0 Å². The van der Waals surface area contributed by atoms with E-state index in [9.17, 15) is 9.59 Å². The van der Waals surface area contributed by atoms with Crippen LogP contribution in [0.2, 0.25) is 0 Å². The number of alkyl halides is 2. The molecule has 100 valence electrons. The van der Waals surface area contributed by atoms with Gasteiger partial charge in [0.15, 0.2) is 10.1 Å². The highest BCUT2D eigenvalue weighted by Crippen LogP contribution is 2.73. The van der Waals surface area contributed by atoms with E-state index in [1.807, 2.05) is 0 Å². The molecule has 1 heterocycles. The van der Waals surface area contributed by atoms with E-state index in [1.54, 1.807) is 0 Å². The van der Waals surface area contributed by atoms with Crippen LogP contribution in [-0.2, 0) is 4.79 Å². The summed E-state index contributed by atoms with van der Waals surface area (Å²) in [6.07, 6.45) is 3.10. The lowest BCUT2D eigenvalue weighted by Crippen LogP contribution is -2.68. The summed E-state index contributed by atoms with van der Waals surface area (Å²) in [6, 6.07) is 0. The van der Waals surface area contributed by atoms with Gasteiger partial charge in [-0.1, -0.05) is 23.2 Å². The number of halogens is 2. The minimum atomic E-state index is -1.19. The van der Waals surface area contributed by atoms with Crippen LogP contribution in [0.15, 0.2) is 0 Å². The van der Waals surface area contributed by atoms with Crippen molar-refractivity contribution in [1.29, 1.82) is 0 Å². The summed E-state index contributed by atoms with van der Waals surface area (Å²) in [7, 11) is 0. The van der Waals surface area contributed by atoms with E-state index in [4.69, 9.17) is 28.3 Å². The molecule has 2 spiro atoms. The fourth-order valence-corrected chi connectivity index (χ4v) is 4.51. The highest BCUT2D eigenvalue weighted by molar-refractivity contribution is 6.61. The SMILES string of the molecule is O=C(O)N1CCC2(CC1)CC1(CC(=O)C1(Cl)Cl)C2. The van der Waals surface area contributed by atoms with Crippen molar-refractivity contribution in [1.82, 2.24) is 4.90 Å². The molecule has 0 aromatic heterocycles. The second-order valence-corrected chi connectivity index (χ2v) is 7.41. The molecule has 0 atom stereocenters. The smallest absolute Gasteiger partial charge is 0.407 e. The maximum absolute atomic E-state index is 11.4. The molecule has 0 unspecified atom stereocenters. The van der Waals surface area contributed by atoms with Crippen LogP contribution in [0.5, 0.6) is 0 Å². The van der Waals surface area contributed by atoms with Crippen LogP contribution in [0, 0.1) is 10.8 Å². The van der Waals surface area contributed by atoms with E-state index >= 15 is 0 Å². The van der Waals surface area contributed by atoms with E-state index in [1.165, 1.54) is 4.90 Å². The van der Waals surface area contributed by atoms with Crippen molar-refractivity contribution in [3.8, 4) is 0 Å². The lowest BCUT2D eigenvalue weighted by Gasteiger charge is -2.66. The van der Waals surface area contributed by atoms with Gasteiger partial charge < -0.3 is 10.0 Å². The van der Waals surface area contributed by atoms with E-state index < -0.39 is 10.4 Å². The number of rotatable bonds is 0. The topological polar surface area (TPSA) is 57.6 Å². The Morgan fingerprint density at radius 3 is 2.17 bits per heavy atom. The Hall–Kier alpha value is -0.480. The average Bonchev–Trinajstić information content (AvgIpc) is 2.27. The van der Waals surface area contributed by atoms with Gasteiger partial charge in [0, 0.05) is 24.9 Å². The minimum absolute atomic E-state index is 0.0661. The summed E-state index contributed by atoms with van der Waals surface area (Å²) in [4.78, 5) is 23.7. The highest BCUT2D eigenvalue weighted by Gasteiger charge is 2.72. The number of Topliss-reactive ketones (excluding diaryl/α,β-unsaturated/α-hetero) is 1. The Morgan fingerprint density at radius 1 is 1.22 bits per heavy atom. The first-order valence-electron chi connectivity index (χ1n) is 6.19. The summed E-state index contributed by atoms with van der Waals surface area (Å²) in [6.45, 7) is 1.16. The molecule has 18 heavy (non-hydrogen) atoms. The molecule has 1 amide bonds. The number of hydrogen-bond donors (Lipinski definition) is 1. The first-order valence-corrected chi connectivity index (χ1v) is 6.95. The van der Waals surface area contributed by atoms with Gasteiger partial charge in [0.1, 0.15) is 0 Å². The maximum atomic E-state index is 11.4. The quantitative estimate of drug-likeness (QED) is 0.698. The fraction of sp³-hybridized carbons (Fsp3) is 0.833. The van der Waals surface area contributed by atoms with E-state index in [0.717, 1.165) is 25.7 Å². The molecular weight excluding hydrogens is 277 g/mol. The second-order valence-electron chi connectivity index (χ2n) is 6.08. The van der Waals surface area contributed by atoms with Gasteiger partial charge >= 0.3 is 6.09 Å². The Morgan fingerprint density at radius 2 is 1.78 bits per heavy atom. The molecule has 2 aliphatic carbocycles. The molecule has 4 nitrogen and oxygen atoms in total. The van der Waals surface area contributed by atoms with Crippen molar-refractivity contribution in [2.75, 3.05) is 13.1 Å². The Kier molecular flexibility index (Phi) is 2.47. The maximum Gasteiger partial charge on any atom is 0.407 e. The summed E-state index contributed by atoms with van der Waals surface area (Å²) in [5, 5.41) is 8.92. The normalized spacial score (nSPS) is 31.0. The van der Waals surface area contributed by atoms with Gasteiger partial charge in [-0.15, -0.1) is 0 Å². The van der Waals surface area contributed by atoms with Crippen LogP contribution in [0.25, 0.3) is 0 Å². The lowest BCUT2D eigenvalue weighted by atomic mass is 9.42. The zero-order chi connectivity index (χ0) is 13.2. The minimum Gasteiger partial charge on any atom is -0.465 e. The van der Waals surface area contributed by atoms with Gasteiger partial charge in [-0.2, -0.15) is 0 Å². The third-order valence-electron chi connectivity index (χ3n) is 5.04. The largest absolute Gasteiger partial charge is 0.465 e. The van der Waals surface area contributed by atoms with Gasteiger partial charge in [0.25, 0.3) is 0 Å². The van der Waals surface area contributed by atoms with E-state index in [0.29, 0.717) is 19.5 Å². The first kappa shape index (κ1) is 12.5. The van der Waals surface area contributed by atoms with Crippen molar-refractivity contribution in [3.05, 3.63) is 0 Å². The number of likely N-dealkylation sites (tertiary alicyclic amines) is 1. The molecule has 2 saturated carbocycles. The van der Waals surface area contributed by atoms with Crippen LogP contribution >= 0.6 is 23.2 Å². The van der Waals surface area contributed by atoms with Gasteiger partial charge in [-0.3, -0.25) is 4.79 Å². The monoisotopic (exact) mass is 291 g/mol. The van der Waals surface area contributed by atoms with Crippen LogP contribution in [0.1, 0.15) is 32.1 Å². The van der Waals surface area contributed by atoms with Crippen LogP contribution in [0.3, 0.4) is 0 Å². The second kappa shape index (κ2) is 3.54. The zero-order valence-corrected chi connectivity index (χ0v) is 11.4. The molecule has 1 saturated heterocycles. The number of carboxylic acid groups (broad SMARTS) is 1. The number of ketones is 1. The van der Waals surface area contributed by atoms with E-state index in [2.05, 4.69) is 0 Å². The summed E-state index contributed by atoms with van der Waals surface area (Å²) in [5.41, 5.74) is -0.0553. The molecule has 6 heteroatoms. The standard InChI is InChI=1S/C12H15Cl2NO3/c13-12(14)8(16)5-11(12)6-10(7-11)1-3-15(4-2-10)9(17)18/h1-7H2,(H,17,18). The third kappa shape index (κ3) is 1.45. The number of piperidine rings is 1. The van der Waals surface area contributed by atoms with Gasteiger partial charge in [0.05, 0.1) is 0 Å². The molecular formula is C12H15Cl2NO3. The molecule has 0 radical (unpaired) electrons. The number of carbonyl (C=O) groups excluding carboxylic acids is 1. The lowest BCUT2D eigenvalue weighted by molar-refractivity contribution is -0.161. The van der Waals surface area contributed by atoms with Gasteiger partial charge in [-0.25, -0.2) is 4.79 Å². The number of amides is 1. The molecule has 3 rings (SSSR count). The van der Waals surface area contributed by atoms with Crippen molar-refractivity contribution in [3.63, 3.8) is 0 Å². The molecule has 0 aromatic rings. The zero-order valence-electron chi connectivity index (χ0n) is 9.92. The summed E-state index contributed by atoms with van der Waals surface area (Å²) < 4.78 is -1.19. The predicted molar refractivity (Wildman–Crippen MR) is 67.0 cm³/mol. The third-order valence-corrected chi connectivity index (χ3v) is 6.26. The average molecular weight is 292 g/mol. The number of nitrogens with zero attached hydrogens (tertiary/aromatic N) is 1. The molecule has 0 aromatic carbocycles. The Labute approximate surface area is 115 Å². The molecule has 3 fully saturated rings. The number of carbonyl (C=O) groups is 2. The predicted octanol–water partition coefficient (Wildman–Crippen LogP) is 2.67. The van der Waals surface area contributed by atoms with Crippen LogP contribution in [0.4, 0.5) is 4.79 Å². The molecule has 0 bridgehead atoms. The van der Waals surface area contributed by atoms with Crippen molar-refractivity contribution >= 4 is 35.1 Å². The highest BCUT2D eigenvalue weighted by atomic mass is 35.5. The van der Waals surface area contributed by atoms with E-state index in [-0.39, 0.29) is 16.6 Å². The Balaban J connectivity index is 1.63. The summed E-state index contributed by atoms with van der Waals surface area (Å²) >= 11 is 12.2. The first-order chi connectivity index (χ1) is 8.30. The van der Waals surface area contributed by atoms with Crippen molar-refractivity contribution < 1.29 is 14.7 Å². The Bertz CT molecular complexity index is 419. The fourth-order valence-electron chi connectivity index (χ4n) is 3.98. The number of hydrogen-bond acceptors (Lipinski definition) is 2. The molecule has 1 aliphatic heterocycles. The van der Waals surface area contributed by atoms with Crippen molar-refractivity contribution in [2.24, 2.45) is 10.8 Å². The van der Waals surface area contributed by atoms with Gasteiger partial charge in [0.2, 0.25) is 0 Å². The van der Waals surface area contributed by atoms with Crippen molar-refractivity contribution in [2.45, 2.75) is 36.4 Å². The molecule has 3 aliphatic rings. The van der Waals surface area contributed by atoms with Gasteiger partial charge in [-0.05, 0) is 31.1 Å². The van der Waals surface area contributed by atoms with Crippen LogP contribution in [-0.4, -0.2) is 39.3 Å². The molecule has 1 N–H and O–H groups in total.